The molecule has 0 unspecified atom stereocenters. The van der Waals surface area contributed by atoms with Crippen LogP contribution in [0, 0.1) is 0 Å². The van der Waals surface area contributed by atoms with Crippen molar-refractivity contribution in [2.75, 3.05) is 0 Å². The summed E-state index contributed by atoms with van der Waals surface area (Å²) in [5, 5.41) is 0.344. The number of aromatic nitrogens is 1. The molecule has 0 atom stereocenters. The van der Waals surface area contributed by atoms with Gasteiger partial charge in [0, 0.05) is 12.4 Å². The summed E-state index contributed by atoms with van der Waals surface area (Å²) in [4.78, 5) is 11.2. The van der Waals surface area contributed by atoms with Crippen LogP contribution in [0.2, 0.25) is 0 Å². The van der Waals surface area contributed by atoms with Gasteiger partial charge in [0.2, 0.25) is 0 Å². The molecule has 1 amide bonds. The molecule has 0 spiro atoms. The number of para-hydroxylation sites is 1. The van der Waals surface area contributed by atoms with Crippen LogP contribution in [0.25, 0.3) is 10.9 Å². The van der Waals surface area contributed by atoms with Crippen molar-refractivity contribution < 1.29 is 18.0 Å². The lowest BCUT2D eigenvalue weighted by atomic mass is 10.1. The van der Waals surface area contributed by atoms with Gasteiger partial charge in [-0.25, -0.2) is 0 Å². The maximum absolute atomic E-state index is 12.7. The fourth-order valence-electron chi connectivity index (χ4n) is 1.89. The molecule has 0 radical (unpaired) electrons. The van der Waals surface area contributed by atoms with Crippen molar-refractivity contribution in [1.82, 2.24) is 4.57 Å². The van der Waals surface area contributed by atoms with Gasteiger partial charge in [-0.15, -0.1) is 0 Å². The molecule has 0 aliphatic heterocycles. The Morgan fingerprint density at radius 3 is 2.53 bits per heavy atom. The number of hydrogen-bond donors (Lipinski definition) is 1. The van der Waals surface area contributed by atoms with Crippen LogP contribution in [0.3, 0.4) is 0 Å². The first-order valence-corrected chi connectivity index (χ1v) is 4.78. The molecule has 1 heterocycles. The van der Waals surface area contributed by atoms with Crippen molar-refractivity contribution in [3.8, 4) is 0 Å². The number of amides is 1. The van der Waals surface area contributed by atoms with Gasteiger partial charge in [-0.05, 0) is 12.1 Å². The Balaban J connectivity index is 2.84. The molecule has 0 aliphatic carbocycles. The maximum Gasteiger partial charge on any atom is 0.431 e. The van der Waals surface area contributed by atoms with E-state index in [1.54, 1.807) is 0 Å². The summed E-state index contributed by atoms with van der Waals surface area (Å²) in [6, 6.07) is 5.42. The van der Waals surface area contributed by atoms with E-state index in [2.05, 4.69) is 0 Å². The van der Waals surface area contributed by atoms with Gasteiger partial charge in [-0.2, -0.15) is 13.2 Å². The lowest BCUT2D eigenvalue weighted by molar-refractivity contribution is -0.142. The highest BCUT2D eigenvalue weighted by Crippen LogP contribution is 2.34. The molecule has 2 rings (SSSR count). The van der Waals surface area contributed by atoms with Gasteiger partial charge in [0.15, 0.2) is 0 Å². The summed E-state index contributed by atoms with van der Waals surface area (Å²) in [5.74, 6) is -0.745. The van der Waals surface area contributed by atoms with E-state index in [0.717, 1.165) is 10.6 Å². The second-order valence-corrected chi connectivity index (χ2v) is 3.69. The van der Waals surface area contributed by atoms with Gasteiger partial charge in [-0.1, -0.05) is 12.1 Å². The average molecular weight is 242 g/mol. The van der Waals surface area contributed by atoms with Gasteiger partial charge >= 0.3 is 6.18 Å². The van der Waals surface area contributed by atoms with Crippen molar-refractivity contribution >= 4 is 16.8 Å². The third-order valence-electron chi connectivity index (χ3n) is 2.61. The molecule has 0 aliphatic rings. The number of nitrogens with two attached hydrogens (primary N) is 1. The molecule has 2 N–H and O–H groups in total. The number of halogens is 3. The number of alkyl halides is 3. The van der Waals surface area contributed by atoms with Crippen molar-refractivity contribution in [1.29, 1.82) is 0 Å². The minimum absolute atomic E-state index is 0.0838. The van der Waals surface area contributed by atoms with Gasteiger partial charge < -0.3 is 10.3 Å². The number of carbonyl (C=O) groups excluding carboxylic acids is 1. The summed E-state index contributed by atoms with van der Waals surface area (Å²) in [7, 11) is 1.26. The summed E-state index contributed by atoms with van der Waals surface area (Å²) in [6.07, 6.45) is -4.46. The zero-order valence-corrected chi connectivity index (χ0v) is 8.88. The Labute approximate surface area is 94.6 Å². The Bertz CT molecular complexity index is 599. The van der Waals surface area contributed by atoms with E-state index in [9.17, 15) is 18.0 Å². The zero-order valence-electron chi connectivity index (χ0n) is 8.88. The van der Waals surface area contributed by atoms with E-state index in [-0.39, 0.29) is 11.1 Å². The van der Waals surface area contributed by atoms with Crippen LogP contribution in [-0.2, 0) is 13.2 Å². The van der Waals surface area contributed by atoms with Gasteiger partial charge in [0.05, 0.1) is 11.1 Å². The second-order valence-electron chi connectivity index (χ2n) is 3.69. The number of fused-ring (bicyclic) bond motifs is 1. The van der Waals surface area contributed by atoms with Crippen LogP contribution in [-0.4, -0.2) is 10.5 Å². The molecule has 90 valence electrons. The average Bonchev–Trinajstić information content (AvgIpc) is 2.55. The van der Waals surface area contributed by atoms with Crippen LogP contribution < -0.4 is 5.73 Å². The summed E-state index contributed by atoms with van der Waals surface area (Å²) < 4.78 is 39.0. The molecule has 0 bridgehead atoms. The first-order valence-electron chi connectivity index (χ1n) is 4.78. The van der Waals surface area contributed by atoms with E-state index < -0.39 is 17.8 Å². The highest BCUT2D eigenvalue weighted by Gasteiger charge is 2.34. The summed E-state index contributed by atoms with van der Waals surface area (Å²) in [5.41, 5.74) is 4.61. The van der Waals surface area contributed by atoms with Gasteiger partial charge in [0.25, 0.3) is 5.91 Å². The van der Waals surface area contributed by atoms with Crippen LogP contribution >= 0.6 is 0 Å². The molecule has 0 fully saturated rings. The largest absolute Gasteiger partial charge is 0.431 e. The molecule has 3 nitrogen and oxygen atoms in total. The van der Waals surface area contributed by atoms with Crippen LogP contribution in [0.5, 0.6) is 0 Å². The monoisotopic (exact) mass is 242 g/mol. The number of primary amides is 1. The van der Waals surface area contributed by atoms with Crippen LogP contribution in [0.4, 0.5) is 13.2 Å². The number of carbonyl (C=O) groups is 1. The van der Waals surface area contributed by atoms with E-state index in [0.29, 0.717) is 5.39 Å². The smallest absolute Gasteiger partial charge is 0.366 e. The summed E-state index contributed by atoms with van der Waals surface area (Å²) >= 11 is 0. The predicted octanol–water partition coefficient (Wildman–Crippen LogP) is 2.30. The Morgan fingerprint density at radius 1 is 1.35 bits per heavy atom. The quantitative estimate of drug-likeness (QED) is 0.819. The minimum Gasteiger partial charge on any atom is -0.366 e. The normalized spacial score (nSPS) is 12.0. The number of nitrogens with zero attached hydrogens (tertiary/aromatic N) is 1. The highest BCUT2D eigenvalue weighted by atomic mass is 19.4. The van der Waals surface area contributed by atoms with E-state index in [1.807, 2.05) is 0 Å². The summed E-state index contributed by atoms with van der Waals surface area (Å²) in [6.45, 7) is 0. The molecule has 0 saturated heterocycles. The van der Waals surface area contributed by atoms with E-state index in [4.69, 9.17) is 5.73 Å². The molecule has 17 heavy (non-hydrogen) atoms. The molecular formula is C11H9F3N2O. The molecular weight excluding hydrogens is 233 g/mol. The highest BCUT2D eigenvalue weighted by molar-refractivity contribution is 6.05. The van der Waals surface area contributed by atoms with Crippen molar-refractivity contribution in [2.45, 2.75) is 6.18 Å². The first kappa shape index (κ1) is 11.5. The molecule has 6 heteroatoms. The number of aryl methyl sites for hydroxylation is 1. The van der Waals surface area contributed by atoms with Crippen LogP contribution in [0.1, 0.15) is 16.1 Å². The number of hydrogen-bond acceptors (Lipinski definition) is 1. The topological polar surface area (TPSA) is 48.0 Å². The fraction of sp³-hybridized carbons (Fsp3) is 0.182. The molecule has 1 aromatic heterocycles. The predicted molar refractivity (Wildman–Crippen MR) is 56.4 cm³/mol. The standard InChI is InChI=1S/C11H9F3N2O/c1-16-8(11(12,13)14)5-6-3-2-4-7(9(6)16)10(15)17/h2-5H,1H3,(H2,15,17). The SMILES string of the molecule is Cn1c(C(F)(F)F)cc2cccc(C(N)=O)c21. The Hall–Kier alpha value is -1.98. The number of benzene rings is 1. The Kier molecular flexibility index (Phi) is 2.38. The van der Waals surface area contributed by atoms with Crippen molar-refractivity contribution in [3.63, 3.8) is 0 Å². The van der Waals surface area contributed by atoms with Gasteiger partial charge in [0.1, 0.15) is 5.69 Å². The van der Waals surface area contributed by atoms with Crippen molar-refractivity contribution in [2.24, 2.45) is 12.8 Å². The Morgan fingerprint density at radius 2 is 2.00 bits per heavy atom. The molecule has 0 saturated carbocycles. The lowest BCUT2D eigenvalue weighted by Gasteiger charge is -2.08. The third-order valence-corrected chi connectivity index (χ3v) is 2.61. The second kappa shape index (κ2) is 3.51. The molecule has 1 aromatic carbocycles. The van der Waals surface area contributed by atoms with Gasteiger partial charge in [-0.3, -0.25) is 4.79 Å². The minimum atomic E-state index is -4.46. The molecule has 2 aromatic rings. The maximum atomic E-state index is 12.7. The zero-order chi connectivity index (χ0) is 12.8. The third kappa shape index (κ3) is 1.75. The number of rotatable bonds is 1. The van der Waals surface area contributed by atoms with Crippen LogP contribution in [0.15, 0.2) is 24.3 Å². The van der Waals surface area contributed by atoms with E-state index in [1.165, 1.54) is 25.2 Å². The van der Waals surface area contributed by atoms with E-state index >= 15 is 0 Å². The van der Waals surface area contributed by atoms with Crippen molar-refractivity contribution in [3.05, 3.63) is 35.5 Å². The lowest BCUT2D eigenvalue weighted by Crippen LogP contribution is -2.14. The first-order chi connectivity index (χ1) is 7.82. The fourth-order valence-corrected chi connectivity index (χ4v) is 1.89.